The number of para-hydroxylation sites is 1. The molecule has 0 heterocycles. The van der Waals surface area contributed by atoms with Crippen LogP contribution in [0.25, 0.3) is 0 Å². The molecule has 1 amide bonds. The molecule has 0 aromatic heterocycles. The second-order valence-electron chi connectivity index (χ2n) is 4.29. The number of hydrogen-bond donors (Lipinski definition) is 1. The van der Waals surface area contributed by atoms with Crippen molar-refractivity contribution in [1.82, 2.24) is 0 Å². The monoisotopic (exact) mass is 360 g/mol. The van der Waals surface area contributed by atoms with Crippen LogP contribution < -0.4 is 14.8 Å². The number of benzene rings is 2. The maximum Gasteiger partial charge on any atom is 0.262 e. The van der Waals surface area contributed by atoms with E-state index < -0.39 is 0 Å². The van der Waals surface area contributed by atoms with Gasteiger partial charge < -0.3 is 14.8 Å². The van der Waals surface area contributed by atoms with Gasteiger partial charge >= 0.3 is 0 Å². The summed E-state index contributed by atoms with van der Waals surface area (Å²) in [5.74, 6) is 0.523. The van der Waals surface area contributed by atoms with Crippen molar-refractivity contribution >= 4 is 27.5 Å². The number of amides is 1. The lowest BCUT2D eigenvalue weighted by molar-refractivity contribution is -0.118. The molecule has 2 aromatic rings. The molecule has 2 aromatic carbocycles. The first-order valence-electron chi connectivity index (χ1n) is 6.39. The Morgan fingerprint density at radius 3 is 2.73 bits per heavy atom. The molecule has 0 bridgehead atoms. The molecule has 0 saturated heterocycles. The van der Waals surface area contributed by atoms with Crippen LogP contribution in [0.1, 0.15) is 5.56 Å². The van der Waals surface area contributed by atoms with E-state index in [1.165, 1.54) is 7.11 Å². The van der Waals surface area contributed by atoms with Crippen LogP contribution in [0.3, 0.4) is 0 Å². The number of hydrogen-bond acceptors (Lipinski definition) is 4. The van der Waals surface area contributed by atoms with Crippen LogP contribution in [-0.4, -0.2) is 19.6 Å². The molecule has 0 spiro atoms. The van der Waals surface area contributed by atoms with Crippen molar-refractivity contribution in [3.05, 3.63) is 52.5 Å². The fraction of sp³-hybridized carbons (Fsp3) is 0.125. The van der Waals surface area contributed by atoms with Crippen LogP contribution in [0.15, 0.2) is 46.9 Å². The number of halogens is 1. The third-order valence-corrected chi connectivity index (χ3v) is 3.49. The Labute approximate surface area is 136 Å². The highest BCUT2D eigenvalue weighted by Crippen LogP contribution is 2.28. The van der Waals surface area contributed by atoms with Crippen molar-refractivity contribution in [2.45, 2.75) is 0 Å². The molecule has 2 rings (SSSR count). The molecule has 0 saturated carbocycles. The van der Waals surface area contributed by atoms with Gasteiger partial charge in [0.25, 0.3) is 5.91 Å². The quantitative estimate of drug-likeness (QED) is 0.887. The van der Waals surface area contributed by atoms with Gasteiger partial charge in [0.1, 0.15) is 0 Å². The van der Waals surface area contributed by atoms with E-state index in [9.17, 15) is 4.79 Å². The summed E-state index contributed by atoms with van der Waals surface area (Å²) in [6.07, 6.45) is 0. The molecule has 0 aliphatic rings. The highest BCUT2D eigenvalue weighted by atomic mass is 79.9. The number of methoxy groups -OCH3 is 1. The fourth-order valence-electron chi connectivity index (χ4n) is 1.75. The van der Waals surface area contributed by atoms with Crippen LogP contribution in [0.5, 0.6) is 11.5 Å². The molecule has 112 valence electrons. The number of carbonyl (C=O) groups is 1. The first-order chi connectivity index (χ1) is 10.6. The Hall–Kier alpha value is -2.52. The first-order valence-corrected chi connectivity index (χ1v) is 7.18. The molecular formula is C16H13BrN2O3. The largest absolute Gasteiger partial charge is 0.493 e. The van der Waals surface area contributed by atoms with Gasteiger partial charge in [0, 0.05) is 10.5 Å². The highest BCUT2D eigenvalue weighted by molar-refractivity contribution is 9.10. The van der Waals surface area contributed by atoms with E-state index in [-0.39, 0.29) is 12.5 Å². The predicted molar refractivity (Wildman–Crippen MR) is 86.0 cm³/mol. The maximum atomic E-state index is 11.9. The zero-order chi connectivity index (χ0) is 15.9. The van der Waals surface area contributed by atoms with Crippen LogP contribution in [0.4, 0.5) is 5.69 Å². The van der Waals surface area contributed by atoms with Gasteiger partial charge in [0.05, 0.1) is 24.4 Å². The van der Waals surface area contributed by atoms with Gasteiger partial charge in [-0.1, -0.05) is 12.1 Å². The topological polar surface area (TPSA) is 71.3 Å². The minimum Gasteiger partial charge on any atom is -0.493 e. The van der Waals surface area contributed by atoms with Gasteiger partial charge in [-0.15, -0.1) is 0 Å². The average molecular weight is 361 g/mol. The standard InChI is InChI=1S/C16H13BrN2O3/c1-21-15-8-11(9-18)6-7-14(15)22-10-16(20)19-13-5-3-2-4-12(13)17/h2-8H,10H2,1H3,(H,19,20). The van der Waals surface area contributed by atoms with E-state index in [1.807, 2.05) is 24.3 Å². The lowest BCUT2D eigenvalue weighted by Crippen LogP contribution is -2.20. The van der Waals surface area contributed by atoms with Crippen LogP contribution in [0, 0.1) is 11.3 Å². The first kappa shape index (κ1) is 15.9. The smallest absolute Gasteiger partial charge is 0.262 e. The van der Waals surface area contributed by atoms with Crippen molar-refractivity contribution in [3.8, 4) is 17.6 Å². The fourth-order valence-corrected chi connectivity index (χ4v) is 2.13. The normalized spacial score (nSPS) is 9.68. The van der Waals surface area contributed by atoms with E-state index in [1.54, 1.807) is 24.3 Å². The predicted octanol–water partition coefficient (Wildman–Crippen LogP) is 3.35. The van der Waals surface area contributed by atoms with E-state index in [0.717, 1.165) is 4.47 Å². The van der Waals surface area contributed by atoms with Crippen molar-refractivity contribution in [3.63, 3.8) is 0 Å². The second-order valence-corrected chi connectivity index (χ2v) is 5.15. The van der Waals surface area contributed by atoms with E-state index in [0.29, 0.717) is 22.7 Å². The molecule has 5 nitrogen and oxygen atoms in total. The number of rotatable bonds is 5. The Balaban J connectivity index is 2.00. The number of nitrogens with one attached hydrogen (secondary N) is 1. The molecule has 0 aliphatic heterocycles. The Morgan fingerprint density at radius 2 is 2.05 bits per heavy atom. The van der Waals surface area contributed by atoms with Gasteiger partial charge in [-0.05, 0) is 40.2 Å². The molecule has 22 heavy (non-hydrogen) atoms. The van der Waals surface area contributed by atoms with Crippen LogP contribution in [0.2, 0.25) is 0 Å². The SMILES string of the molecule is COc1cc(C#N)ccc1OCC(=O)Nc1ccccc1Br. The summed E-state index contributed by atoms with van der Waals surface area (Å²) in [6.45, 7) is -0.163. The summed E-state index contributed by atoms with van der Waals surface area (Å²) in [5, 5.41) is 11.6. The molecule has 0 aliphatic carbocycles. The van der Waals surface area contributed by atoms with E-state index >= 15 is 0 Å². The van der Waals surface area contributed by atoms with E-state index in [2.05, 4.69) is 21.2 Å². The maximum absolute atomic E-state index is 11.9. The van der Waals surface area contributed by atoms with Gasteiger partial charge in [-0.25, -0.2) is 0 Å². The molecular weight excluding hydrogens is 348 g/mol. The van der Waals surface area contributed by atoms with Crippen molar-refractivity contribution in [1.29, 1.82) is 5.26 Å². The van der Waals surface area contributed by atoms with Crippen molar-refractivity contribution in [2.75, 3.05) is 19.0 Å². The molecule has 0 fully saturated rings. The zero-order valence-electron chi connectivity index (χ0n) is 11.8. The average Bonchev–Trinajstić information content (AvgIpc) is 2.55. The summed E-state index contributed by atoms with van der Waals surface area (Å²) in [6, 6.07) is 14.1. The van der Waals surface area contributed by atoms with Gasteiger partial charge in [0.15, 0.2) is 18.1 Å². The molecule has 6 heteroatoms. The zero-order valence-corrected chi connectivity index (χ0v) is 13.4. The van der Waals surface area contributed by atoms with Crippen LogP contribution in [-0.2, 0) is 4.79 Å². The highest BCUT2D eigenvalue weighted by Gasteiger charge is 2.10. The van der Waals surface area contributed by atoms with E-state index in [4.69, 9.17) is 14.7 Å². The Bertz CT molecular complexity index is 726. The molecule has 0 atom stereocenters. The third kappa shape index (κ3) is 3.99. The van der Waals surface area contributed by atoms with Gasteiger partial charge in [-0.2, -0.15) is 5.26 Å². The minimum atomic E-state index is -0.293. The third-order valence-electron chi connectivity index (χ3n) is 2.80. The summed E-state index contributed by atoms with van der Waals surface area (Å²) in [4.78, 5) is 11.9. The Kier molecular flexibility index (Phi) is 5.39. The number of carbonyl (C=O) groups excluding carboxylic acids is 1. The molecule has 1 N–H and O–H groups in total. The Morgan fingerprint density at radius 1 is 1.27 bits per heavy atom. The number of ether oxygens (including phenoxy) is 2. The molecule has 0 radical (unpaired) electrons. The van der Waals surface area contributed by atoms with Crippen LogP contribution >= 0.6 is 15.9 Å². The van der Waals surface area contributed by atoms with Gasteiger partial charge in [-0.3, -0.25) is 4.79 Å². The summed E-state index contributed by atoms with van der Waals surface area (Å²) in [7, 11) is 1.48. The van der Waals surface area contributed by atoms with Crippen molar-refractivity contribution in [2.24, 2.45) is 0 Å². The minimum absolute atomic E-state index is 0.163. The number of anilines is 1. The summed E-state index contributed by atoms with van der Waals surface area (Å²) < 4.78 is 11.4. The summed E-state index contributed by atoms with van der Waals surface area (Å²) >= 11 is 3.35. The molecule has 0 unspecified atom stereocenters. The number of nitrogens with zero attached hydrogens (tertiary/aromatic N) is 1. The van der Waals surface area contributed by atoms with Crippen molar-refractivity contribution < 1.29 is 14.3 Å². The second kappa shape index (κ2) is 7.48. The number of nitriles is 1. The van der Waals surface area contributed by atoms with Gasteiger partial charge in [0.2, 0.25) is 0 Å². The lowest BCUT2D eigenvalue weighted by atomic mass is 10.2. The summed E-state index contributed by atoms with van der Waals surface area (Å²) in [5.41, 5.74) is 1.13. The lowest BCUT2D eigenvalue weighted by Gasteiger charge is -2.11.